The van der Waals surface area contributed by atoms with Gasteiger partial charge in [0.25, 0.3) is 0 Å². The zero-order chi connectivity index (χ0) is 12.8. The van der Waals surface area contributed by atoms with Crippen molar-refractivity contribution in [1.82, 2.24) is 10.6 Å². The van der Waals surface area contributed by atoms with E-state index in [4.69, 9.17) is 14.6 Å². The molecule has 0 aliphatic carbocycles. The van der Waals surface area contributed by atoms with E-state index < -0.39 is 0 Å². The van der Waals surface area contributed by atoms with Crippen molar-refractivity contribution in [2.75, 3.05) is 53.2 Å². The topological polar surface area (TPSA) is 75.1 Å². The molecular formula is C11H25N3O3. The highest BCUT2D eigenvalue weighted by atomic mass is 16.5. The number of methoxy groups -OCH3 is 1. The number of nitrogens with zero attached hydrogens (tertiary/aromatic N) is 1. The van der Waals surface area contributed by atoms with Crippen LogP contribution >= 0.6 is 0 Å². The third-order valence-electron chi connectivity index (χ3n) is 1.90. The second kappa shape index (κ2) is 13.2. The van der Waals surface area contributed by atoms with Crippen LogP contribution in [0.3, 0.4) is 0 Å². The summed E-state index contributed by atoms with van der Waals surface area (Å²) in [6, 6.07) is 0. The minimum absolute atomic E-state index is 0.102. The van der Waals surface area contributed by atoms with E-state index in [-0.39, 0.29) is 6.61 Å². The Morgan fingerprint density at radius 1 is 1.24 bits per heavy atom. The monoisotopic (exact) mass is 247 g/mol. The lowest BCUT2D eigenvalue weighted by molar-refractivity contribution is 0.0702. The van der Waals surface area contributed by atoms with Crippen molar-refractivity contribution in [2.45, 2.75) is 13.3 Å². The van der Waals surface area contributed by atoms with Crippen LogP contribution < -0.4 is 10.6 Å². The van der Waals surface area contributed by atoms with Gasteiger partial charge in [0.1, 0.15) is 0 Å². The highest BCUT2D eigenvalue weighted by molar-refractivity contribution is 5.79. The molecule has 0 unspecified atom stereocenters. The molecule has 0 amide bonds. The number of hydrogen-bond donors (Lipinski definition) is 3. The average molecular weight is 247 g/mol. The quantitative estimate of drug-likeness (QED) is 0.278. The lowest BCUT2D eigenvalue weighted by Crippen LogP contribution is -2.38. The maximum Gasteiger partial charge on any atom is 0.191 e. The molecule has 0 spiro atoms. The standard InChI is InChI=1S/C11H25N3O3/c1-3-12-11(14-6-7-15)13-5-4-8-17-10-9-16-2/h15H,3-10H2,1-2H3,(H2,12,13,14). The van der Waals surface area contributed by atoms with Crippen molar-refractivity contribution in [3.63, 3.8) is 0 Å². The van der Waals surface area contributed by atoms with Gasteiger partial charge >= 0.3 is 0 Å². The Labute approximate surface area is 103 Å². The minimum Gasteiger partial charge on any atom is -0.395 e. The molecule has 0 aliphatic rings. The van der Waals surface area contributed by atoms with Gasteiger partial charge in [-0.1, -0.05) is 0 Å². The van der Waals surface area contributed by atoms with Gasteiger partial charge in [0.15, 0.2) is 5.96 Å². The summed E-state index contributed by atoms with van der Waals surface area (Å²) >= 11 is 0. The van der Waals surface area contributed by atoms with Gasteiger partial charge in [-0.05, 0) is 13.3 Å². The molecule has 0 heterocycles. The smallest absolute Gasteiger partial charge is 0.191 e. The predicted molar refractivity (Wildman–Crippen MR) is 68.4 cm³/mol. The average Bonchev–Trinajstić information content (AvgIpc) is 2.34. The molecule has 0 saturated carbocycles. The minimum atomic E-state index is 0.102. The molecular weight excluding hydrogens is 222 g/mol. The molecule has 6 heteroatoms. The van der Waals surface area contributed by atoms with Gasteiger partial charge in [0.2, 0.25) is 0 Å². The Kier molecular flexibility index (Phi) is 12.6. The lowest BCUT2D eigenvalue weighted by atomic mass is 10.4. The summed E-state index contributed by atoms with van der Waals surface area (Å²) in [5, 5.41) is 14.8. The Morgan fingerprint density at radius 3 is 2.71 bits per heavy atom. The van der Waals surface area contributed by atoms with E-state index in [1.54, 1.807) is 7.11 Å². The van der Waals surface area contributed by atoms with Crippen molar-refractivity contribution >= 4 is 5.96 Å². The van der Waals surface area contributed by atoms with Crippen molar-refractivity contribution in [1.29, 1.82) is 0 Å². The third kappa shape index (κ3) is 11.4. The van der Waals surface area contributed by atoms with Gasteiger partial charge in [0.05, 0.1) is 19.8 Å². The van der Waals surface area contributed by atoms with Gasteiger partial charge < -0.3 is 25.2 Å². The molecule has 0 aromatic rings. The van der Waals surface area contributed by atoms with Gasteiger partial charge in [-0.15, -0.1) is 0 Å². The second-order valence-corrected chi connectivity index (χ2v) is 3.37. The SMILES string of the molecule is CCNC(=NCCCOCCOC)NCCO. The van der Waals surface area contributed by atoms with E-state index in [9.17, 15) is 0 Å². The number of aliphatic imine (C=N–C) groups is 1. The molecule has 102 valence electrons. The van der Waals surface area contributed by atoms with Crippen molar-refractivity contribution in [2.24, 2.45) is 4.99 Å². The van der Waals surface area contributed by atoms with Crippen LogP contribution in [0.1, 0.15) is 13.3 Å². The molecule has 0 radical (unpaired) electrons. The van der Waals surface area contributed by atoms with Crippen LogP contribution in [0.2, 0.25) is 0 Å². The van der Waals surface area contributed by atoms with Gasteiger partial charge in [-0.2, -0.15) is 0 Å². The van der Waals surface area contributed by atoms with E-state index >= 15 is 0 Å². The second-order valence-electron chi connectivity index (χ2n) is 3.37. The molecule has 0 atom stereocenters. The molecule has 0 bridgehead atoms. The number of ether oxygens (including phenoxy) is 2. The number of rotatable bonds is 10. The van der Waals surface area contributed by atoms with E-state index in [1.807, 2.05) is 6.92 Å². The molecule has 17 heavy (non-hydrogen) atoms. The Morgan fingerprint density at radius 2 is 2.06 bits per heavy atom. The van der Waals surface area contributed by atoms with Crippen LogP contribution in [0.15, 0.2) is 4.99 Å². The van der Waals surface area contributed by atoms with Crippen LogP contribution in [0, 0.1) is 0 Å². The first-order valence-corrected chi connectivity index (χ1v) is 6.04. The van der Waals surface area contributed by atoms with Crippen LogP contribution in [-0.4, -0.2) is 64.2 Å². The molecule has 0 fully saturated rings. The molecule has 0 rings (SSSR count). The number of aliphatic hydroxyl groups is 1. The summed E-state index contributed by atoms with van der Waals surface area (Å²) in [6.45, 7) is 6.07. The molecule has 6 nitrogen and oxygen atoms in total. The Balaban J connectivity index is 3.54. The fraction of sp³-hybridized carbons (Fsp3) is 0.909. The highest BCUT2D eigenvalue weighted by Gasteiger charge is 1.95. The maximum atomic E-state index is 8.70. The van der Waals surface area contributed by atoms with Gasteiger partial charge in [-0.25, -0.2) is 0 Å². The van der Waals surface area contributed by atoms with E-state index in [0.717, 1.165) is 18.9 Å². The Bertz CT molecular complexity index is 189. The number of nitrogens with one attached hydrogen (secondary N) is 2. The highest BCUT2D eigenvalue weighted by Crippen LogP contribution is 1.85. The van der Waals surface area contributed by atoms with Gasteiger partial charge in [-0.3, -0.25) is 4.99 Å². The van der Waals surface area contributed by atoms with Crippen molar-refractivity contribution < 1.29 is 14.6 Å². The normalized spacial score (nSPS) is 11.6. The first-order valence-electron chi connectivity index (χ1n) is 6.04. The van der Waals surface area contributed by atoms with E-state index in [2.05, 4.69) is 15.6 Å². The predicted octanol–water partition coefficient (Wildman–Crippen LogP) is -0.413. The van der Waals surface area contributed by atoms with Crippen molar-refractivity contribution in [3.05, 3.63) is 0 Å². The van der Waals surface area contributed by atoms with Crippen LogP contribution in [-0.2, 0) is 9.47 Å². The number of hydrogen-bond acceptors (Lipinski definition) is 4. The third-order valence-corrected chi connectivity index (χ3v) is 1.90. The molecule has 0 aliphatic heterocycles. The maximum absolute atomic E-state index is 8.70. The van der Waals surface area contributed by atoms with Crippen LogP contribution in [0.5, 0.6) is 0 Å². The summed E-state index contributed by atoms with van der Waals surface area (Å²) < 4.78 is 10.2. The van der Waals surface area contributed by atoms with Gasteiger partial charge in [0, 0.05) is 33.4 Å². The Hall–Kier alpha value is -0.850. The van der Waals surface area contributed by atoms with Crippen molar-refractivity contribution in [3.8, 4) is 0 Å². The van der Waals surface area contributed by atoms with Crippen LogP contribution in [0.4, 0.5) is 0 Å². The molecule has 0 saturated heterocycles. The van der Waals surface area contributed by atoms with Crippen LogP contribution in [0.25, 0.3) is 0 Å². The largest absolute Gasteiger partial charge is 0.395 e. The number of aliphatic hydroxyl groups excluding tert-OH is 1. The summed E-state index contributed by atoms with van der Waals surface area (Å²) in [4.78, 5) is 4.34. The summed E-state index contributed by atoms with van der Waals surface area (Å²) in [5.74, 6) is 0.735. The first kappa shape index (κ1) is 16.1. The summed E-state index contributed by atoms with van der Waals surface area (Å²) in [6.07, 6.45) is 0.874. The lowest BCUT2D eigenvalue weighted by Gasteiger charge is -2.09. The fourth-order valence-electron chi connectivity index (χ4n) is 1.12. The fourth-order valence-corrected chi connectivity index (χ4v) is 1.12. The first-order chi connectivity index (χ1) is 8.35. The molecule has 0 aromatic heterocycles. The zero-order valence-electron chi connectivity index (χ0n) is 10.9. The van der Waals surface area contributed by atoms with E-state index in [0.29, 0.717) is 32.9 Å². The molecule has 0 aromatic carbocycles. The number of guanidine groups is 1. The summed E-state index contributed by atoms with van der Waals surface area (Å²) in [7, 11) is 1.66. The van der Waals surface area contributed by atoms with E-state index in [1.165, 1.54) is 0 Å². The molecule has 3 N–H and O–H groups in total. The summed E-state index contributed by atoms with van der Waals surface area (Å²) in [5.41, 5.74) is 0. The zero-order valence-corrected chi connectivity index (χ0v) is 10.9.